The van der Waals surface area contributed by atoms with Crippen LogP contribution in [-0.4, -0.2) is 85.7 Å². The minimum atomic E-state index is -0.359. The van der Waals surface area contributed by atoms with Gasteiger partial charge in [-0.25, -0.2) is 0 Å². The largest absolute Gasteiger partial charge is 0.394 e. The van der Waals surface area contributed by atoms with E-state index in [1.54, 1.807) is 0 Å². The zero-order valence-electron chi connectivity index (χ0n) is 17.3. The zero-order valence-corrected chi connectivity index (χ0v) is 17.3. The Morgan fingerprint density at radius 3 is 2.50 bits per heavy atom. The van der Waals surface area contributed by atoms with Crippen molar-refractivity contribution in [2.75, 3.05) is 51.8 Å². The van der Waals surface area contributed by atoms with Gasteiger partial charge in [0.2, 0.25) is 5.91 Å². The molecule has 28 heavy (non-hydrogen) atoms. The van der Waals surface area contributed by atoms with E-state index in [0.29, 0.717) is 12.0 Å². The summed E-state index contributed by atoms with van der Waals surface area (Å²) >= 11 is 0. The molecule has 0 bridgehead atoms. The van der Waals surface area contributed by atoms with Crippen LogP contribution >= 0.6 is 0 Å². The van der Waals surface area contributed by atoms with Gasteiger partial charge in [-0.15, -0.1) is 0 Å². The van der Waals surface area contributed by atoms with E-state index in [2.05, 4.69) is 17.3 Å². The van der Waals surface area contributed by atoms with E-state index in [-0.39, 0.29) is 36.4 Å². The van der Waals surface area contributed by atoms with Crippen LogP contribution in [0.2, 0.25) is 0 Å². The zero-order chi connectivity index (χ0) is 20.4. The van der Waals surface area contributed by atoms with Gasteiger partial charge in [0.1, 0.15) is 6.04 Å². The lowest BCUT2D eigenvalue weighted by atomic mass is 9.94. The number of nitrogens with zero attached hydrogens (tertiary/aromatic N) is 3. The third-order valence-corrected chi connectivity index (χ3v) is 5.85. The molecular formula is C21H32N4O3. The van der Waals surface area contributed by atoms with Gasteiger partial charge in [0, 0.05) is 44.5 Å². The summed E-state index contributed by atoms with van der Waals surface area (Å²) in [6.07, 6.45) is 0.537. The van der Waals surface area contributed by atoms with E-state index in [1.807, 2.05) is 48.9 Å². The summed E-state index contributed by atoms with van der Waals surface area (Å²) in [6.45, 7) is 7.12. The number of rotatable bonds is 3. The molecule has 2 heterocycles. The second kappa shape index (κ2) is 8.49. The number of carbonyl (C=O) groups is 2. The van der Waals surface area contributed by atoms with Crippen molar-refractivity contribution in [2.24, 2.45) is 5.92 Å². The lowest BCUT2D eigenvalue weighted by Gasteiger charge is -2.37. The quantitative estimate of drug-likeness (QED) is 0.792. The fraction of sp³-hybridized carbons (Fsp3) is 0.619. The van der Waals surface area contributed by atoms with Crippen molar-refractivity contribution in [3.05, 3.63) is 29.3 Å². The molecule has 2 atom stereocenters. The van der Waals surface area contributed by atoms with Crippen molar-refractivity contribution in [1.82, 2.24) is 15.1 Å². The summed E-state index contributed by atoms with van der Waals surface area (Å²) < 4.78 is 0. The first-order chi connectivity index (χ1) is 13.3. The molecule has 2 aliphatic heterocycles. The first kappa shape index (κ1) is 20.6. The van der Waals surface area contributed by atoms with Crippen LogP contribution in [0.1, 0.15) is 29.8 Å². The van der Waals surface area contributed by atoms with Gasteiger partial charge >= 0.3 is 0 Å². The number of hydrogen-bond donors (Lipinski definition) is 2. The van der Waals surface area contributed by atoms with Crippen molar-refractivity contribution < 1.29 is 14.7 Å². The molecule has 3 rings (SSSR count). The Bertz CT molecular complexity index is 728. The SMILES string of the molecule is CC(C)[C@H]1C(=O)N[C@H](CO)Cc2ccc(C(=O)N3CCN(C)CC3)cc2N1C. The van der Waals surface area contributed by atoms with Crippen LogP contribution in [0.4, 0.5) is 5.69 Å². The third-order valence-electron chi connectivity index (χ3n) is 5.85. The fourth-order valence-electron chi connectivity index (χ4n) is 4.18. The molecule has 0 unspecified atom stereocenters. The molecule has 0 aromatic heterocycles. The number of anilines is 1. The number of piperazine rings is 1. The molecule has 2 amide bonds. The Morgan fingerprint density at radius 1 is 1.21 bits per heavy atom. The van der Waals surface area contributed by atoms with Crippen molar-refractivity contribution in [3.63, 3.8) is 0 Å². The number of hydrogen-bond acceptors (Lipinski definition) is 5. The van der Waals surface area contributed by atoms with Crippen LogP contribution in [-0.2, 0) is 11.2 Å². The molecule has 0 saturated carbocycles. The predicted molar refractivity (Wildman–Crippen MR) is 110 cm³/mol. The van der Waals surface area contributed by atoms with Gasteiger partial charge < -0.3 is 25.1 Å². The van der Waals surface area contributed by atoms with Gasteiger partial charge in [0.25, 0.3) is 5.91 Å². The van der Waals surface area contributed by atoms with Gasteiger partial charge in [-0.2, -0.15) is 0 Å². The number of amides is 2. The van der Waals surface area contributed by atoms with E-state index in [1.165, 1.54) is 0 Å². The van der Waals surface area contributed by atoms with Gasteiger partial charge in [-0.1, -0.05) is 19.9 Å². The number of aliphatic hydroxyl groups excluding tert-OH is 1. The Morgan fingerprint density at radius 2 is 1.89 bits per heavy atom. The maximum absolute atomic E-state index is 13.0. The molecule has 1 aromatic rings. The van der Waals surface area contributed by atoms with Crippen molar-refractivity contribution >= 4 is 17.5 Å². The summed E-state index contributed by atoms with van der Waals surface area (Å²) in [5.41, 5.74) is 2.58. The van der Waals surface area contributed by atoms with Crippen LogP contribution < -0.4 is 10.2 Å². The molecule has 2 aliphatic rings. The maximum Gasteiger partial charge on any atom is 0.254 e. The van der Waals surface area contributed by atoms with E-state index < -0.39 is 0 Å². The number of nitrogens with one attached hydrogen (secondary N) is 1. The van der Waals surface area contributed by atoms with Gasteiger partial charge in [0.05, 0.1) is 12.6 Å². The van der Waals surface area contributed by atoms with E-state index in [0.717, 1.165) is 37.4 Å². The standard InChI is InChI=1S/C21H32N4O3/c1-14(2)19-20(27)22-17(13-26)11-15-5-6-16(12-18(15)24(19)4)21(28)25-9-7-23(3)8-10-25/h5-6,12,14,17,19,26H,7-11,13H2,1-4H3,(H,22,27)/t17-,19-/m0/s1. The Kier molecular flexibility index (Phi) is 6.25. The predicted octanol–water partition coefficient (Wildman–Crippen LogP) is 0.568. The summed E-state index contributed by atoms with van der Waals surface area (Å²) in [5, 5.41) is 12.6. The van der Waals surface area contributed by atoms with E-state index in [4.69, 9.17) is 0 Å². The van der Waals surface area contributed by atoms with E-state index >= 15 is 0 Å². The molecule has 0 spiro atoms. The maximum atomic E-state index is 13.0. The number of fused-ring (bicyclic) bond motifs is 1. The second-order valence-corrected chi connectivity index (χ2v) is 8.33. The highest BCUT2D eigenvalue weighted by atomic mass is 16.3. The highest BCUT2D eigenvalue weighted by molar-refractivity contribution is 5.96. The van der Waals surface area contributed by atoms with Gasteiger partial charge in [-0.3, -0.25) is 9.59 Å². The molecular weight excluding hydrogens is 356 g/mol. The lowest BCUT2D eigenvalue weighted by Crippen LogP contribution is -2.54. The van der Waals surface area contributed by atoms with Crippen molar-refractivity contribution in [2.45, 2.75) is 32.4 Å². The molecule has 7 heteroatoms. The minimum absolute atomic E-state index is 0.0376. The molecule has 154 valence electrons. The van der Waals surface area contributed by atoms with Gasteiger partial charge in [-0.05, 0) is 37.1 Å². The fourth-order valence-corrected chi connectivity index (χ4v) is 4.18. The second-order valence-electron chi connectivity index (χ2n) is 8.33. The van der Waals surface area contributed by atoms with Crippen LogP contribution in [0.25, 0.3) is 0 Å². The van der Waals surface area contributed by atoms with E-state index in [9.17, 15) is 14.7 Å². The average Bonchev–Trinajstić information content (AvgIpc) is 2.66. The summed E-state index contributed by atoms with van der Waals surface area (Å²) in [4.78, 5) is 31.9. The Hall–Kier alpha value is -2.12. The lowest BCUT2D eigenvalue weighted by molar-refractivity contribution is -0.124. The highest BCUT2D eigenvalue weighted by Gasteiger charge is 2.33. The molecule has 0 aliphatic carbocycles. The molecule has 1 saturated heterocycles. The highest BCUT2D eigenvalue weighted by Crippen LogP contribution is 2.29. The molecule has 2 N–H and O–H groups in total. The molecule has 0 radical (unpaired) electrons. The molecule has 7 nitrogen and oxygen atoms in total. The van der Waals surface area contributed by atoms with Crippen LogP contribution in [0, 0.1) is 5.92 Å². The molecule has 1 fully saturated rings. The smallest absolute Gasteiger partial charge is 0.254 e. The van der Waals surface area contributed by atoms with Crippen molar-refractivity contribution in [3.8, 4) is 0 Å². The van der Waals surface area contributed by atoms with Crippen LogP contribution in [0.3, 0.4) is 0 Å². The summed E-state index contributed by atoms with van der Waals surface area (Å²) in [6, 6.07) is 5.07. The third kappa shape index (κ3) is 4.15. The number of aliphatic hydroxyl groups is 1. The minimum Gasteiger partial charge on any atom is -0.394 e. The number of carbonyl (C=O) groups excluding carboxylic acids is 2. The van der Waals surface area contributed by atoms with Crippen LogP contribution in [0.5, 0.6) is 0 Å². The first-order valence-electron chi connectivity index (χ1n) is 10.1. The number of benzene rings is 1. The van der Waals surface area contributed by atoms with Crippen LogP contribution in [0.15, 0.2) is 18.2 Å². The normalized spacial score (nSPS) is 23.9. The number of likely N-dealkylation sites (N-methyl/N-ethyl adjacent to an activating group) is 2. The first-order valence-corrected chi connectivity index (χ1v) is 10.1. The van der Waals surface area contributed by atoms with Crippen molar-refractivity contribution in [1.29, 1.82) is 0 Å². The summed E-state index contributed by atoms with van der Waals surface area (Å²) in [5.74, 6) is 0.0425. The summed E-state index contributed by atoms with van der Waals surface area (Å²) in [7, 11) is 3.98. The van der Waals surface area contributed by atoms with Gasteiger partial charge in [0.15, 0.2) is 0 Å². The Labute approximate surface area is 167 Å². The Balaban J connectivity index is 1.94. The molecule has 1 aromatic carbocycles. The monoisotopic (exact) mass is 388 g/mol. The topological polar surface area (TPSA) is 76.1 Å². The average molecular weight is 389 g/mol.